The normalized spacial score (nSPS) is 13.1. The first-order valence-electron chi connectivity index (χ1n) is 5.30. The summed E-state index contributed by atoms with van der Waals surface area (Å²) >= 11 is 11.6. The molecule has 0 aliphatic carbocycles. The molecule has 0 spiro atoms. The summed E-state index contributed by atoms with van der Waals surface area (Å²) in [6.07, 6.45) is -0.529. The third kappa shape index (κ3) is 4.49. The highest BCUT2D eigenvalue weighted by atomic mass is 35.7. The molecule has 0 fully saturated rings. The Labute approximate surface area is 131 Å². The average Bonchev–Trinajstić information content (AvgIpc) is 2.30. The molecule has 0 saturated heterocycles. The molecule has 0 N–H and O–H groups in total. The van der Waals surface area contributed by atoms with Gasteiger partial charge in [-0.05, 0) is 19.1 Å². The fraction of sp³-hybridized carbons (Fsp3) is 0.364. The van der Waals surface area contributed by atoms with E-state index >= 15 is 0 Å². The first-order chi connectivity index (χ1) is 9.16. The molecule has 1 atom stereocenters. The zero-order chi connectivity index (χ0) is 15.5. The van der Waals surface area contributed by atoms with Gasteiger partial charge in [0.15, 0.2) is 0 Å². The first kappa shape index (κ1) is 17.5. The molecule has 1 aromatic carbocycles. The summed E-state index contributed by atoms with van der Waals surface area (Å²) in [6.45, 7) is 1.80. The average molecular weight is 362 g/mol. The van der Waals surface area contributed by atoms with Crippen LogP contribution in [0.2, 0.25) is 10.0 Å². The molecule has 112 valence electrons. The number of carbonyl (C=O) groups is 1. The second-order valence-corrected chi connectivity index (χ2v) is 7.22. The van der Waals surface area contributed by atoms with Crippen molar-refractivity contribution in [3.05, 3.63) is 27.7 Å². The van der Waals surface area contributed by atoms with Crippen LogP contribution in [-0.4, -0.2) is 34.2 Å². The summed E-state index contributed by atoms with van der Waals surface area (Å²) in [4.78, 5) is 11.5. The Balaban J connectivity index is 3.19. The summed E-state index contributed by atoms with van der Waals surface area (Å²) in [5.41, 5.74) is -0.179. The SMILES string of the molecule is COCC(C)OC(=O)c1cc(Cl)cc(S(=O)(=O)Cl)c1Cl. The van der Waals surface area contributed by atoms with Gasteiger partial charge in [0, 0.05) is 22.8 Å². The predicted molar refractivity (Wildman–Crippen MR) is 76.3 cm³/mol. The van der Waals surface area contributed by atoms with Crippen molar-refractivity contribution in [3.63, 3.8) is 0 Å². The van der Waals surface area contributed by atoms with E-state index in [1.54, 1.807) is 6.92 Å². The van der Waals surface area contributed by atoms with Gasteiger partial charge in [-0.15, -0.1) is 0 Å². The van der Waals surface area contributed by atoms with Crippen molar-refractivity contribution in [2.75, 3.05) is 13.7 Å². The van der Waals surface area contributed by atoms with E-state index in [4.69, 9.17) is 43.4 Å². The lowest BCUT2D eigenvalue weighted by atomic mass is 10.2. The lowest BCUT2D eigenvalue weighted by molar-refractivity contribution is 0.0120. The molecule has 0 bridgehead atoms. The lowest BCUT2D eigenvalue weighted by Crippen LogP contribution is -2.20. The summed E-state index contributed by atoms with van der Waals surface area (Å²) in [5, 5.41) is -0.334. The molecule has 0 radical (unpaired) electrons. The molecule has 1 rings (SSSR count). The molecule has 0 aliphatic rings. The van der Waals surface area contributed by atoms with Crippen molar-refractivity contribution in [2.24, 2.45) is 0 Å². The molecule has 0 amide bonds. The van der Waals surface area contributed by atoms with Gasteiger partial charge in [-0.1, -0.05) is 23.2 Å². The number of methoxy groups -OCH3 is 1. The molecular weight excluding hydrogens is 351 g/mol. The molecule has 9 heteroatoms. The molecule has 0 aromatic heterocycles. The summed E-state index contributed by atoms with van der Waals surface area (Å²) in [5.74, 6) is -0.816. The number of carbonyl (C=O) groups excluding carboxylic acids is 1. The van der Waals surface area contributed by atoms with E-state index in [9.17, 15) is 13.2 Å². The minimum absolute atomic E-state index is 0.0000282. The molecule has 1 aromatic rings. The molecule has 5 nitrogen and oxygen atoms in total. The highest BCUT2D eigenvalue weighted by Crippen LogP contribution is 2.32. The first-order valence-corrected chi connectivity index (χ1v) is 8.37. The maximum Gasteiger partial charge on any atom is 0.340 e. The standard InChI is InChI=1S/C11H11Cl3O5S/c1-6(5-18-2)19-11(15)8-3-7(12)4-9(10(8)13)20(14,16)17/h3-4,6H,5H2,1-2H3. The van der Waals surface area contributed by atoms with Crippen LogP contribution >= 0.6 is 33.9 Å². The Morgan fingerprint density at radius 1 is 1.35 bits per heavy atom. The largest absolute Gasteiger partial charge is 0.457 e. The Kier molecular flexibility index (Phi) is 6.09. The number of halogens is 3. The van der Waals surface area contributed by atoms with Gasteiger partial charge in [0.1, 0.15) is 11.0 Å². The van der Waals surface area contributed by atoms with Crippen molar-refractivity contribution >= 4 is 48.9 Å². The summed E-state index contributed by atoms with van der Waals surface area (Å²) < 4.78 is 32.6. The fourth-order valence-corrected chi connectivity index (χ4v) is 3.25. The number of hydrogen-bond donors (Lipinski definition) is 0. The third-order valence-corrected chi connectivity index (χ3v) is 4.28. The van der Waals surface area contributed by atoms with Gasteiger partial charge >= 0.3 is 5.97 Å². The van der Waals surface area contributed by atoms with Crippen LogP contribution in [0.1, 0.15) is 17.3 Å². The van der Waals surface area contributed by atoms with E-state index in [-0.39, 0.29) is 22.2 Å². The van der Waals surface area contributed by atoms with Gasteiger partial charge in [-0.2, -0.15) is 0 Å². The number of rotatable bonds is 5. The minimum atomic E-state index is -4.13. The molecule has 0 heterocycles. The van der Waals surface area contributed by atoms with Crippen molar-refractivity contribution in [1.29, 1.82) is 0 Å². The summed E-state index contributed by atoms with van der Waals surface area (Å²) in [7, 11) is 2.55. The van der Waals surface area contributed by atoms with Gasteiger partial charge < -0.3 is 9.47 Å². The van der Waals surface area contributed by atoms with Gasteiger partial charge in [-0.25, -0.2) is 13.2 Å². The highest BCUT2D eigenvalue weighted by molar-refractivity contribution is 8.13. The van der Waals surface area contributed by atoms with E-state index in [1.165, 1.54) is 13.2 Å². The maximum atomic E-state index is 11.9. The zero-order valence-corrected chi connectivity index (χ0v) is 13.6. The van der Waals surface area contributed by atoms with E-state index in [1.807, 2.05) is 0 Å². The Bertz CT molecular complexity index is 615. The fourth-order valence-electron chi connectivity index (χ4n) is 1.41. The van der Waals surface area contributed by atoms with Crippen molar-refractivity contribution in [3.8, 4) is 0 Å². The lowest BCUT2D eigenvalue weighted by Gasteiger charge is -2.13. The second kappa shape index (κ2) is 6.95. The monoisotopic (exact) mass is 360 g/mol. The maximum absolute atomic E-state index is 11.9. The number of hydrogen-bond acceptors (Lipinski definition) is 5. The zero-order valence-electron chi connectivity index (χ0n) is 10.5. The van der Waals surface area contributed by atoms with E-state index in [2.05, 4.69) is 0 Å². The number of ether oxygens (including phenoxy) is 2. The molecule has 20 heavy (non-hydrogen) atoms. The van der Waals surface area contributed by atoms with Crippen molar-refractivity contribution in [1.82, 2.24) is 0 Å². The van der Waals surface area contributed by atoms with Gasteiger partial charge in [0.2, 0.25) is 0 Å². The van der Waals surface area contributed by atoms with Crippen molar-refractivity contribution in [2.45, 2.75) is 17.9 Å². The molecule has 0 aliphatic heterocycles. The molecule has 1 unspecified atom stereocenters. The minimum Gasteiger partial charge on any atom is -0.457 e. The van der Waals surface area contributed by atoms with Crippen LogP contribution in [0, 0.1) is 0 Å². The Hall–Kier alpha value is -0.530. The highest BCUT2D eigenvalue weighted by Gasteiger charge is 2.24. The van der Waals surface area contributed by atoms with Gasteiger partial charge in [-0.3, -0.25) is 0 Å². The van der Waals surface area contributed by atoms with Gasteiger partial charge in [0.25, 0.3) is 9.05 Å². The van der Waals surface area contributed by atoms with Crippen LogP contribution in [0.15, 0.2) is 17.0 Å². The van der Waals surface area contributed by atoms with Gasteiger partial charge in [0.05, 0.1) is 17.2 Å². The molecular formula is C11H11Cl3O5S. The van der Waals surface area contributed by atoms with Crippen LogP contribution in [0.25, 0.3) is 0 Å². The van der Waals surface area contributed by atoms with Crippen LogP contribution in [0.3, 0.4) is 0 Å². The predicted octanol–water partition coefficient (Wildman–Crippen LogP) is 3.11. The Morgan fingerprint density at radius 2 is 1.95 bits per heavy atom. The topological polar surface area (TPSA) is 69.7 Å². The third-order valence-electron chi connectivity index (χ3n) is 2.20. The summed E-state index contributed by atoms with van der Waals surface area (Å²) in [6, 6.07) is 2.26. The van der Waals surface area contributed by atoms with Crippen LogP contribution in [0.5, 0.6) is 0 Å². The quantitative estimate of drug-likeness (QED) is 0.595. The van der Waals surface area contributed by atoms with E-state index < -0.39 is 26.0 Å². The van der Waals surface area contributed by atoms with Crippen LogP contribution < -0.4 is 0 Å². The van der Waals surface area contributed by atoms with E-state index in [0.29, 0.717) is 0 Å². The molecule has 0 saturated carbocycles. The Morgan fingerprint density at radius 3 is 2.45 bits per heavy atom. The van der Waals surface area contributed by atoms with E-state index in [0.717, 1.165) is 6.07 Å². The number of esters is 1. The number of benzene rings is 1. The van der Waals surface area contributed by atoms with Crippen molar-refractivity contribution < 1.29 is 22.7 Å². The second-order valence-electron chi connectivity index (χ2n) is 3.87. The van der Waals surface area contributed by atoms with Crippen LogP contribution in [-0.2, 0) is 18.5 Å². The van der Waals surface area contributed by atoms with Crippen LogP contribution in [0.4, 0.5) is 0 Å². The smallest absolute Gasteiger partial charge is 0.340 e.